The summed E-state index contributed by atoms with van der Waals surface area (Å²) in [7, 11) is 2.40. The highest BCUT2D eigenvalue weighted by Crippen LogP contribution is 2.31. The van der Waals surface area contributed by atoms with Crippen LogP contribution in [0.2, 0.25) is 0 Å². The van der Waals surface area contributed by atoms with E-state index in [0.29, 0.717) is 22.1 Å². The highest BCUT2D eigenvalue weighted by Gasteiger charge is 2.28. The van der Waals surface area contributed by atoms with Gasteiger partial charge in [-0.25, -0.2) is 9.97 Å². The molecule has 0 unspecified atom stereocenters. The standard InChI is InChI=1S/C20H19N3O6S/c1-27-16(24)10-23(11-17(25)28-2)19(26)18-14(12-30-20-21-8-5-9-22-20)13-6-3-4-7-15(13)29-18/h3-9H,10-12H2,1-2H3. The first-order valence-corrected chi connectivity index (χ1v) is 9.85. The summed E-state index contributed by atoms with van der Waals surface area (Å²) in [4.78, 5) is 46.2. The van der Waals surface area contributed by atoms with Crippen LogP contribution in [0.1, 0.15) is 16.1 Å². The molecule has 0 aliphatic rings. The van der Waals surface area contributed by atoms with Crippen LogP contribution in [0.3, 0.4) is 0 Å². The summed E-state index contributed by atoms with van der Waals surface area (Å²) in [6.07, 6.45) is 3.26. The van der Waals surface area contributed by atoms with Gasteiger partial charge < -0.3 is 18.8 Å². The number of nitrogens with zero attached hydrogens (tertiary/aromatic N) is 3. The topological polar surface area (TPSA) is 112 Å². The van der Waals surface area contributed by atoms with E-state index in [1.54, 1.807) is 30.6 Å². The average molecular weight is 429 g/mol. The van der Waals surface area contributed by atoms with E-state index in [4.69, 9.17) is 4.42 Å². The molecule has 3 rings (SSSR count). The van der Waals surface area contributed by atoms with E-state index < -0.39 is 30.9 Å². The van der Waals surface area contributed by atoms with Gasteiger partial charge in [0, 0.05) is 29.1 Å². The Hall–Kier alpha value is -3.40. The largest absolute Gasteiger partial charge is 0.468 e. The van der Waals surface area contributed by atoms with Crippen molar-refractivity contribution in [3.05, 3.63) is 54.0 Å². The molecule has 0 saturated carbocycles. The number of benzene rings is 1. The first-order valence-electron chi connectivity index (χ1n) is 8.86. The van der Waals surface area contributed by atoms with Crippen molar-refractivity contribution in [2.75, 3.05) is 27.3 Å². The average Bonchev–Trinajstić information content (AvgIpc) is 3.15. The summed E-state index contributed by atoms with van der Waals surface area (Å²) in [6.45, 7) is -0.842. The number of furan rings is 1. The molecule has 0 spiro atoms. The number of hydrogen-bond donors (Lipinski definition) is 0. The molecule has 2 heterocycles. The smallest absolute Gasteiger partial charge is 0.325 e. The van der Waals surface area contributed by atoms with Crippen molar-refractivity contribution < 1.29 is 28.3 Å². The fourth-order valence-electron chi connectivity index (χ4n) is 2.70. The van der Waals surface area contributed by atoms with Gasteiger partial charge >= 0.3 is 11.9 Å². The Labute approximate surface area is 176 Å². The van der Waals surface area contributed by atoms with Crippen molar-refractivity contribution in [2.45, 2.75) is 10.9 Å². The molecule has 0 atom stereocenters. The first-order chi connectivity index (χ1) is 14.5. The number of amides is 1. The number of thioether (sulfide) groups is 1. The fourth-order valence-corrected chi connectivity index (χ4v) is 3.53. The normalized spacial score (nSPS) is 10.6. The summed E-state index contributed by atoms with van der Waals surface area (Å²) in [5.41, 5.74) is 1.13. The van der Waals surface area contributed by atoms with Crippen molar-refractivity contribution in [1.29, 1.82) is 0 Å². The number of carbonyl (C=O) groups excluding carboxylic acids is 3. The molecule has 0 aliphatic heterocycles. The van der Waals surface area contributed by atoms with E-state index in [-0.39, 0.29) is 5.76 Å². The van der Waals surface area contributed by atoms with Gasteiger partial charge in [0.2, 0.25) is 0 Å². The Morgan fingerprint density at radius 1 is 1.00 bits per heavy atom. The van der Waals surface area contributed by atoms with Crippen LogP contribution in [0.5, 0.6) is 0 Å². The predicted molar refractivity (Wildman–Crippen MR) is 108 cm³/mol. The van der Waals surface area contributed by atoms with Crippen molar-refractivity contribution in [1.82, 2.24) is 14.9 Å². The maximum absolute atomic E-state index is 13.2. The maximum Gasteiger partial charge on any atom is 0.325 e. The molecule has 10 heteroatoms. The summed E-state index contributed by atoms with van der Waals surface area (Å²) in [5, 5.41) is 1.29. The molecule has 1 amide bonds. The highest BCUT2D eigenvalue weighted by atomic mass is 32.2. The molecular formula is C20H19N3O6S. The molecule has 0 bridgehead atoms. The Morgan fingerprint density at radius 3 is 2.27 bits per heavy atom. The van der Waals surface area contributed by atoms with E-state index in [1.165, 1.54) is 26.0 Å². The Kier molecular flexibility index (Phi) is 7.02. The summed E-state index contributed by atoms with van der Waals surface area (Å²) < 4.78 is 15.1. The van der Waals surface area contributed by atoms with Crippen LogP contribution in [0, 0.1) is 0 Å². The number of esters is 2. The van der Waals surface area contributed by atoms with Crippen molar-refractivity contribution in [2.24, 2.45) is 0 Å². The summed E-state index contributed by atoms with van der Waals surface area (Å²) in [6, 6.07) is 8.91. The third-order valence-corrected chi connectivity index (χ3v) is 5.06. The molecule has 30 heavy (non-hydrogen) atoms. The number of carbonyl (C=O) groups is 3. The van der Waals surface area contributed by atoms with E-state index in [9.17, 15) is 14.4 Å². The number of hydrogen-bond acceptors (Lipinski definition) is 9. The SMILES string of the molecule is COC(=O)CN(CC(=O)OC)C(=O)c1oc2ccccc2c1CSc1ncccn1. The molecule has 0 aliphatic carbocycles. The van der Waals surface area contributed by atoms with Gasteiger partial charge in [-0.1, -0.05) is 30.0 Å². The fraction of sp³-hybridized carbons (Fsp3) is 0.250. The molecule has 1 aromatic carbocycles. The van der Waals surface area contributed by atoms with Gasteiger partial charge in [-0.05, 0) is 12.1 Å². The second-order valence-corrected chi connectivity index (χ2v) is 6.98. The summed E-state index contributed by atoms with van der Waals surface area (Å²) in [5.74, 6) is -1.57. The van der Waals surface area contributed by atoms with Gasteiger partial charge in [-0.15, -0.1) is 0 Å². The molecule has 156 valence electrons. The molecule has 2 aromatic heterocycles. The summed E-state index contributed by atoms with van der Waals surface area (Å²) >= 11 is 1.34. The molecule has 0 N–H and O–H groups in total. The maximum atomic E-state index is 13.2. The minimum Gasteiger partial charge on any atom is -0.468 e. The minimum atomic E-state index is -0.669. The second kappa shape index (κ2) is 9.88. The highest BCUT2D eigenvalue weighted by molar-refractivity contribution is 7.98. The molecule has 9 nitrogen and oxygen atoms in total. The van der Waals surface area contributed by atoms with Gasteiger partial charge in [0.15, 0.2) is 10.9 Å². The van der Waals surface area contributed by atoms with Crippen molar-refractivity contribution >= 4 is 40.6 Å². The number of methoxy groups -OCH3 is 2. The third-order valence-electron chi connectivity index (χ3n) is 4.16. The van der Waals surface area contributed by atoms with Crippen LogP contribution in [-0.4, -0.2) is 60.0 Å². The van der Waals surface area contributed by atoms with E-state index in [2.05, 4.69) is 19.4 Å². The van der Waals surface area contributed by atoms with E-state index >= 15 is 0 Å². The van der Waals surface area contributed by atoms with Gasteiger partial charge in [0.25, 0.3) is 5.91 Å². The molecule has 0 fully saturated rings. The minimum absolute atomic E-state index is 0.0347. The zero-order valence-electron chi connectivity index (χ0n) is 16.4. The third kappa shape index (κ3) is 4.95. The Bertz CT molecular complexity index is 1040. The van der Waals surface area contributed by atoms with Crippen LogP contribution in [0.15, 0.2) is 52.3 Å². The number of aromatic nitrogens is 2. The lowest BCUT2D eigenvalue weighted by Crippen LogP contribution is -2.40. The lowest BCUT2D eigenvalue weighted by atomic mass is 10.1. The number of ether oxygens (including phenoxy) is 2. The van der Waals surface area contributed by atoms with E-state index in [1.807, 2.05) is 12.1 Å². The number of para-hydroxylation sites is 1. The number of rotatable bonds is 8. The Balaban J connectivity index is 1.96. The lowest BCUT2D eigenvalue weighted by Gasteiger charge is -2.19. The van der Waals surface area contributed by atoms with Crippen molar-refractivity contribution in [3.8, 4) is 0 Å². The van der Waals surface area contributed by atoms with Crippen LogP contribution >= 0.6 is 11.8 Å². The molecule has 0 saturated heterocycles. The van der Waals surface area contributed by atoms with E-state index in [0.717, 1.165) is 10.3 Å². The predicted octanol–water partition coefficient (Wildman–Crippen LogP) is 2.30. The molecule has 3 aromatic rings. The van der Waals surface area contributed by atoms with Gasteiger partial charge in [-0.3, -0.25) is 14.4 Å². The van der Waals surface area contributed by atoms with Gasteiger partial charge in [-0.2, -0.15) is 0 Å². The quantitative estimate of drug-likeness (QED) is 0.302. The van der Waals surface area contributed by atoms with Gasteiger partial charge in [0.1, 0.15) is 18.7 Å². The van der Waals surface area contributed by atoms with Crippen LogP contribution < -0.4 is 0 Å². The molecular weight excluding hydrogens is 410 g/mol. The van der Waals surface area contributed by atoms with Gasteiger partial charge in [0.05, 0.1) is 14.2 Å². The lowest BCUT2D eigenvalue weighted by molar-refractivity contribution is -0.144. The van der Waals surface area contributed by atoms with Crippen LogP contribution in [0.4, 0.5) is 0 Å². The monoisotopic (exact) mass is 429 g/mol. The zero-order valence-corrected chi connectivity index (χ0v) is 17.2. The second-order valence-electron chi connectivity index (χ2n) is 6.04. The van der Waals surface area contributed by atoms with Crippen molar-refractivity contribution in [3.63, 3.8) is 0 Å². The van der Waals surface area contributed by atoms with Crippen LogP contribution in [-0.2, 0) is 24.8 Å². The zero-order chi connectivity index (χ0) is 21.5. The molecule has 0 radical (unpaired) electrons. The number of fused-ring (bicyclic) bond motifs is 1. The Morgan fingerprint density at radius 2 is 1.63 bits per heavy atom. The van der Waals surface area contributed by atoms with Crippen LogP contribution in [0.25, 0.3) is 11.0 Å². The first kappa shape index (κ1) is 21.3.